The van der Waals surface area contributed by atoms with Crippen molar-refractivity contribution in [3.8, 4) is 0 Å². The van der Waals surface area contributed by atoms with E-state index in [4.69, 9.17) is 19.6 Å². The summed E-state index contributed by atoms with van der Waals surface area (Å²) in [6.45, 7) is 20.6. The predicted octanol–water partition coefficient (Wildman–Crippen LogP) is -3.08. The predicted molar refractivity (Wildman–Crippen MR) is 130 cm³/mol. The van der Waals surface area contributed by atoms with Gasteiger partial charge in [-0.3, -0.25) is 9.32 Å². The Labute approximate surface area is 220 Å². The zero-order valence-electron chi connectivity index (χ0n) is 22.9. The van der Waals surface area contributed by atoms with Gasteiger partial charge in [0, 0.05) is 17.9 Å². The summed E-state index contributed by atoms with van der Waals surface area (Å²) in [6.07, 6.45) is -3.72. The molecule has 1 heterocycles. The molecule has 1 saturated heterocycles. The second-order valence-electron chi connectivity index (χ2n) is 8.76. The highest BCUT2D eigenvalue weighted by molar-refractivity contribution is 7.46. The van der Waals surface area contributed by atoms with Gasteiger partial charge in [0.2, 0.25) is 0 Å². The molecule has 0 spiro atoms. The lowest BCUT2D eigenvalue weighted by Gasteiger charge is -2.42. The van der Waals surface area contributed by atoms with Gasteiger partial charge in [-0.2, -0.15) is 0 Å². The lowest BCUT2D eigenvalue weighted by Crippen LogP contribution is -3.11. The lowest BCUT2D eigenvalue weighted by molar-refractivity contribution is -0.894. The van der Waals surface area contributed by atoms with Crippen molar-refractivity contribution in [3.05, 3.63) is 0 Å². The number of aliphatic carboxylic acids is 3. The van der Waals surface area contributed by atoms with Gasteiger partial charge in [-0.25, -0.2) is 4.57 Å². The van der Waals surface area contributed by atoms with Crippen LogP contribution < -0.4 is 20.0 Å². The van der Waals surface area contributed by atoms with Crippen LogP contribution in [-0.4, -0.2) is 85.0 Å². The molecule has 0 aliphatic carbocycles. The zero-order chi connectivity index (χ0) is 29.2. The normalized spacial score (nSPS) is 21.5. The smallest absolute Gasteiger partial charge is 0.471 e. The molecule has 0 aromatic carbocycles. The monoisotopic (exact) mass is 558 g/mol. The quantitative estimate of drug-likeness (QED) is 0.135. The maximum Gasteiger partial charge on any atom is 0.471 e. The van der Waals surface area contributed by atoms with E-state index < -0.39 is 69.0 Å². The molecule has 1 fully saturated rings. The average Bonchev–Trinajstić information content (AvgIpc) is 2.79. The number of carbonyl (C=O) groups is 3. The molecular weight excluding hydrogens is 511 g/mol. The van der Waals surface area contributed by atoms with Gasteiger partial charge in [-0.15, -0.1) is 0 Å². The first kappa shape index (κ1) is 37.6. The van der Waals surface area contributed by atoms with Crippen LogP contribution in [-0.2, 0) is 28.2 Å². The van der Waals surface area contributed by atoms with E-state index in [2.05, 4.69) is 46.1 Å². The molecule has 0 aromatic rings. The van der Waals surface area contributed by atoms with Crippen LogP contribution in [0.5, 0.6) is 0 Å². The number of carbonyl (C=O) groups excluding carboxylic acids is 2. The fourth-order valence-electron chi connectivity index (χ4n) is 4.15. The minimum absolute atomic E-state index is 0.382. The van der Waals surface area contributed by atoms with E-state index in [-0.39, 0.29) is 6.61 Å². The Balaban J connectivity index is 0. The van der Waals surface area contributed by atoms with Crippen molar-refractivity contribution in [3.63, 3.8) is 0 Å². The van der Waals surface area contributed by atoms with Gasteiger partial charge in [0.05, 0.1) is 52.3 Å². The average molecular weight is 559 g/mol. The molecule has 14 heteroatoms. The molecule has 1 aliphatic heterocycles. The molecule has 37 heavy (non-hydrogen) atoms. The van der Waals surface area contributed by atoms with Crippen LogP contribution in [0.2, 0.25) is 0 Å². The summed E-state index contributed by atoms with van der Waals surface area (Å²) in [6, 6.07) is 0. The van der Waals surface area contributed by atoms with Crippen LogP contribution in [0.25, 0.3) is 0 Å². The number of carboxylic acid groups (broad SMARTS) is 3. The van der Waals surface area contributed by atoms with Crippen LogP contribution in [0.1, 0.15) is 60.8 Å². The minimum Gasteiger partial charge on any atom is -0.550 e. The Morgan fingerprint density at radius 2 is 1.22 bits per heavy atom. The molecular formula is C23H47N2O11P. The summed E-state index contributed by atoms with van der Waals surface area (Å²) in [5.41, 5.74) is 0. The van der Waals surface area contributed by atoms with Crippen molar-refractivity contribution < 1.29 is 63.1 Å². The van der Waals surface area contributed by atoms with Gasteiger partial charge in [0.1, 0.15) is 0 Å². The third kappa shape index (κ3) is 18.3. The molecule has 0 saturated carbocycles. The molecule has 0 radical (unpaired) electrons. The topological polar surface area (TPSA) is 202 Å². The minimum atomic E-state index is -5.03. The lowest BCUT2D eigenvalue weighted by atomic mass is 9.74. The Bertz CT molecular complexity index is 673. The van der Waals surface area contributed by atoms with Gasteiger partial charge in [0.25, 0.3) is 0 Å². The highest BCUT2D eigenvalue weighted by Crippen LogP contribution is 2.45. The van der Waals surface area contributed by atoms with Crippen LogP contribution >= 0.6 is 7.82 Å². The molecule has 1 rings (SSSR count). The summed E-state index contributed by atoms with van der Waals surface area (Å²) in [5.74, 6) is -7.74. The first-order chi connectivity index (χ1) is 17.2. The van der Waals surface area contributed by atoms with Crippen molar-refractivity contribution in [2.45, 2.75) is 67.1 Å². The zero-order valence-corrected chi connectivity index (χ0v) is 23.8. The maximum absolute atomic E-state index is 10.9. The first-order valence-electron chi connectivity index (χ1n) is 12.8. The Hall–Kier alpha value is -1.60. The fraction of sp³-hybridized carbons (Fsp3) is 0.870. The van der Waals surface area contributed by atoms with E-state index in [1.54, 1.807) is 9.80 Å². The molecule has 4 atom stereocenters. The van der Waals surface area contributed by atoms with E-state index in [9.17, 15) is 29.2 Å². The van der Waals surface area contributed by atoms with Gasteiger partial charge < -0.3 is 49.2 Å². The third-order valence-electron chi connectivity index (χ3n) is 6.46. The number of nitrogens with one attached hydrogen (secondary N) is 2. The largest absolute Gasteiger partial charge is 0.550 e. The second-order valence-corrected chi connectivity index (χ2v) is 9.95. The molecule has 1 aliphatic rings. The number of phosphoric ester groups is 1. The van der Waals surface area contributed by atoms with E-state index >= 15 is 0 Å². The Morgan fingerprint density at radius 1 is 0.811 bits per heavy atom. The molecule has 0 amide bonds. The van der Waals surface area contributed by atoms with Crippen LogP contribution in [0.4, 0.5) is 0 Å². The van der Waals surface area contributed by atoms with E-state index in [0.717, 1.165) is 0 Å². The van der Waals surface area contributed by atoms with Crippen LogP contribution in [0.3, 0.4) is 0 Å². The molecule has 5 N–H and O–H groups in total. The van der Waals surface area contributed by atoms with Crippen molar-refractivity contribution in [1.29, 1.82) is 0 Å². The van der Waals surface area contributed by atoms with E-state index in [1.807, 2.05) is 0 Å². The SMILES string of the molecule is CC[NH+](CC)CC.CC[NH+](CC)CC.O=C([O-])CC1COC(OP(=O)(O)O)C(CC(=O)O)C1CC(=O)[O-]. The molecule has 0 bridgehead atoms. The van der Waals surface area contributed by atoms with Gasteiger partial charge in [-0.05, 0) is 66.2 Å². The van der Waals surface area contributed by atoms with Gasteiger partial charge >= 0.3 is 13.8 Å². The molecule has 13 nitrogen and oxygen atoms in total. The van der Waals surface area contributed by atoms with Crippen molar-refractivity contribution in [1.82, 2.24) is 0 Å². The second kappa shape index (κ2) is 20.4. The summed E-state index contributed by atoms with van der Waals surface area (Å²) >= 11 is 0. The number of quaternary nitrogens is 2. The number of phosphoric acid groups is 1. The van der Waals surface area contributed by atoms with Crippen molar-refractivity contribution in [2.75, 3.05) is 45.9 Å². The first-order valence-corrected chi connectivity index (χ1v) is 14.4. The number of rotatable bonds is 14. The molecule has 0 aromatic heterocycles. The highest BCUT2D eigenvalue weighted by atomic mass is 31.2. The van der Waals surface area contributed by atoms with Gasteiger partial charge in [-0.1, -0.05) is 0 Å². The number of carboxylic acids is 3. The number of hydrogen-bond acceptors (Lipinski definition) is 8. The third-order valence-corrected chi connectivity index (χ3v) is 6.94. The summed E-state index contributed by atoms with van der Waals surface area (Å²) in [7, 11) is -5.03. The Kier molecular flexibility index (Phi) is 20.7. The number of hydrogen-bond donors (Lipinski definition) is 5. The van der Waals surface area contributed by atoms with Crippen molar-refractivity contribution >= 4 is 25.7 Å². The van der Waals surface area contributed by atoms with E-state index in [1.165, 1.54) is 39.3 Å². The van der Waals surface area contributed by atoms with Crippen LogP contribution in [0.15, 0.2) is 0 Å². The van der Waals surface area contributed by atoms with Crippen molar-refractivity contribution in [2.24, 2.45) is 17.8 Å². The molecule has 220 valence electrons. The summed E-state index contributed by atoms with van der Waals surface area (Å²) < 4.78 is 20.3. The highest BCUT2D eigenvalue weighted by Gasteiger charge is 2.44. The number of ether oxygens (including phenoxy) is 1. The van der Waals surface area contributed by atoms with Gasteiger partial charge in [0.15, 0.2) is 6.29 Å². The Morgan fingerprint density at radius 3 is 1.49 bits per heavy atom. The summed E-state index contributed by atoms with van der Waals surface area (Å²) in [4.78, 5) is 53.6. The van der Waals surface area contributed by atoms with Crippen LogP contribution in [0, 0.1) is 17.8 Å². The maximum atomic E-state index is 10.9. The summed E-state index contributed by atoms with van der Waals surface area (Å²) in [5, 5.41) is 30.5. The molecule has 4 unspecified atom stereocenters. The fourth-order valence-corrected chi connectivity index (χ4v) is 4.63. The van der Waals surface area contributed by atoms with E-state index in [0.29, 0.717) is 0 Å². The standard InChI is InChI=1S/C11H17O11P.2C6H15N/c12-8(13)1-5-4-21-11(22-23(18,19)20)7(3-10(16)17)6(5)2-9(14)15;2*1-4-7(5-2)6-3/h5-7,11H,1-4H2,(H,12,13)(H,14,15)(H,16,17)(H2,18,19,20);2*4-6H2,1-3H3.